The van der Waals surface area contributed by atoms with Crippen LogP contribution in [0.3, 0.4) is 0 Å². The van der Waals surface area contributed by atoms with Gasteiger partial charge in [-0.25, -0.2) is 0 Å². The second kappa shape index (κ2) is 1.70. The molecule has 2 aliphatic carbocycles. The fraction of sp³-hybridized carbons (Fsp3) is 0.900. The largest absolute Gasteiger partial charge is 0.481 e. The Labute approximate surface area is 73.0 Å². The second-order valence-corrected chi connectivity index (χ2v) is 5.33. The van der Waals surface area contributed by atoms with Gasteiger partial charge in [0, 0.05) is 0 Å². The summed E-state index contributed by atoms with van der Waals surface area (Å²) in [6.45, 7) is 6.27. The first kappa shape index (κ1) is 8.09. The quantitative estimate of drug-likeness (QED) is 0.686. The lowest BCUT2D eigenvalue weighted by Gasteiger charge is -2.22. The van der Waals surface area contributed by atoms with E-state index in [0.29, 0.717) is 0 Å². The van der Waals surface area contributed by atoms with Crippen LogP contribution in [0, 0.1) is 16.2 Å². The maximum atomic E-state index is 11.2. The number of carboxylic acids is 1. The molecule has 2 fully saturated rings. The molecule has 0 radical (unpaired) electrons. The molecule has 2 heteroatoms. The first-order valence-electron chi connectivity index (χ1n) is 4.59. The van der Waals surface area contributed by atoms with Crippen molar-refractivity contribution in [2.45, 2.75) is 40.0 Å². The van der Waals surface area contributed by atoms with Gasteiger partial charge >= 0.3 is 5.97 Å². The molecule has 0 aromatic carbocycles. The van der Waals surface area contributed by atoms with Crippen molar-refractivity contribution in [2.75, 3.05) is 0 Å². The number of carboxylic acid groups (broad SMARTS) is 1. The van der Waals surface area contributed by atoms with Gasteiger partial charge in [-0.2, -0.15) is 0 Å². The van der Waals surface area contributed by atoms with Crippen molar-refractivity contribution in [1.29, 1.82) is 0 Å². The van der Waals surface area contributed by atoms with E-state index in [-0.39, 0.29) is 16.2 Å². The summed E-state index contributed by atoms with van der Waals surface area (Å²) in [4.78, 5) is 11.2. The van der Waals surface area contributed by atoms with Gasteiger partial charge in [0.1, 0.15) is 0 Å². The van der Waals surface area contributed by atoms with Crippen LogP contribution >= 0.6 is 0 Å². The van der Waals surface area contributed by atoms with Gasteiger partial charge in [-0.3, -0.25) is 4.79 Å². The summed E-state index contributed by atoms with van der Waals surface area (Å²) >= 11 is 0. The van der Waals surface area contributed by atoms with Crippen LogP contribution < -0.4 is 0 Å². The fourth-order valence-electron chi connectivity index (χ4n) is 2.89. The molecule has 0 heterocycles. The third-order valence-electron chi connectivity index (χ3n) is 4.13. The Hall–Kier alpha value is -0.530. The molecular formula is C10H16O2. The molecule has 12 heavy (non-hydrogen) atoms. The summed E-state index contributed by atoms with van der Waals surface area (Å²) in [5.74, 6) is -0.576. The molecule has 2 saturated carbocycles. The fourth-order valence-corrected chi connectivity index (χ4v) is 2.89. The van der Waals surface area contributed by atoms with Crippen LogP contribution in [-0.2, 0) is 4.79 Å². The maximum absolute atomic E-state index is 11.2. The van der Waals surface area contributed by atoms with E-state index < -0.39 is 5.97 Å². The van der Waals surface area contributed by atoms with Crippen molar-refractivity contribution in [1.82, 2.24) is 0 Å². The summed E-state index contributed by atoms with van der Waals surface area (Å²) < 4.78 is 0. The zero-order valence-electron chi connectivity index (χ0n) is 7.98. The van der Waals surface area contributed by atoms with E-state index in [9.17, 15) is 9.90 Å². The molecule has 68 valence electrons. The molecule has 0 aliphatic heterocycles. The predicted octanol–water partition coefficient (Wildman–Crippen LogP) is 2.29. The molecule has 0 spiro atoms. The Bertz CT molecular complexity index is 251. The summed E-state index contributed by atoms with van der Waals surface area (Å²) in [6.07, 6.45) is 3.07. The van der Waals surface area contributed by atoms with E-state index in [2.05, 4.69) is 20.8 Å². The minimum Gasteiger partial charge on any atom is -0.481 e. The molecule has 1 unspecified atom stereocenters. The van der Waals surface area contributed by atoms with Crippen LogP contribution in [0.15, 0.2) is 0 Å². The van der Waals surface area contributed by atoms with Crippen molar-refractivity contribution in [3.63, 3.8) is 0 Å². The molecule has 2 rings (SSSR count). The van der Waals surface area contributed by atoms with Gasteiger partial charge in [0.25, 0.3) is 0 Å². The highest BCUT2D eigenvalue weighted by Gasteiger charge is 2.77. The van der Waals surface area contributed by atoms with E-state index in [0.717, 1.165) is 19.3 Å². The van der Waals surface area contributed by atoms with Gasteiger partial charge in [-0.05, 0) is 30.1 Å². The van der Waals surface area contributed by atoms with Crippen LogP contribution in [0.2, 0.25) is 0 Å². The number of aliphatic carboxylic acids is 1. The SMILES string of the molecule is CC1(C)CC1(C(=O)O)C1(C)CC1. The third kappa shape index (κ3) is 0.644. The first-order valence-corrected chi connectivity index (χ1v) is 4.59. The molecule has 0 saturated heterocycles. The Morgan fingerprint density at radius 1 is 1.25 bits per heavy atom. The van der Waals surface area contributed by atoms with Crippen LogP contribution in [0.1, 0.15) is 40.0 Å². The normalized spacial score (nSPS) is 40.6. The van der Waals surface area contributed by atoms with E-state index in [1.165, 1.54) is 0 Å². The van der Waals surface area contributed by atoms with Gasteiger partial charge in [-0.1, -0.05) is 20.8 Å². The highest BCUT2D eigenvalue weighted by atomic mass is 16.4. The molecule has 0 amide bonds. The van der Waals surface area contributed by atoms with Crippen molar-refractivity contribution in [2.24, 2.45) is 16.2 Å². The molecular weight excluding hydrogens is 152 g/mol. The highest BCUT2D eigenvalue weighted by molar-refractivity contribution is 5.81. The lowest BCUT2D eigenvalue weighted by atomic mass is 9.81. The van der Waals surface area contributed by atoms with Gasteiger partial charge in [-0.15, -0.1) is 0 Å². The Kier molecular flexibility index (Phi) is 1.15. The predicted molar refractivity (Wildman–Crippen MR) is 45.8 cm³/mol. The molecule has 0 aromatic heterocycles. The Morgan fingerprint density at radius 3 is 1.75 bits per heavy atom. The van der Waals surface area contributed by atoms with Crippen molar-refractivity contribution in [3.05, 3.63) is 0 Å². The topological polar surface area (TPSA) is 37.3 Å². The van der Waals surface area contributed by atoms with Gasteiger partial charge in [0.05, 0.1) is 5.41 Å². The van der Waals surface area contributed by atoms with Crippen LogP contribution in [0.25, 0.3) is 0 Å². The molecule has 0 bridgehead atoms. The van der Waals surface area contributed by atoms with E-state index >= 15 is 0 Å². The van der Waals surface area contributed by atoms with Gasteiger partial charge in [0.15, 0.2) is 0 Å². The van der Waals surface area contributed by atoms with E-state index in [1.54, 1.807) is 0 Å². The highest BCUT2D eigenvalue weighted by Crippen LogP contribution is 2.78. The molecule has 1 atom stereocenters. The minimum absolute atomic E-state index is 0.0318. The first-order chi connectivity index (χ1) is 5.36. The van der Waals surface area contributed by atoms with Gasteiger partial charge in [0.2, 0.25) is 0 Å². The van der Waals surface area contributed by atoms with Crippen LogP contribution in [0.5, 0.6) is 0 Å². The van der Waals surface area contributed by atoms with Crippen molar-refractivity contribution >= 4 is 5.97 Å². The molecule has 1 N–H and O–H groups in total. The van der Waals surface area contributed by atoms with Crippen LogP contribution in [0.4, 0.5) is 0 Å². The molecule has 2 nitrogen and oxygen atoms in total. The average molecular weight is 168 g/mol. The molecule has 0 aromatic rings. The summed E-state index contributed by atoms with van der Waals surface area (Å²) in [5.41, 5.74) is -0.244. The number of hydrogen-bond acceptors (Lipinski definition) is 1. The van der Waals surface area contributed by atoms with E-state index in [1.807, 2.05) is 0 Å². The lowest BCUT2D eigenvalue weighted by molar-refractivity contribution is -0.147. The average Bonchev–Trinajstić information content (AvgIpc) is 2.72. The Morgan fingerprint density at radius 2 is 1.67 bits per heavy atom. The number of rotatable bonds is 2. The number of carbonyl (C=O) groups is 1. The zero-order valence-corrected chi connectivity index (χ0v) is 7.98. The van der Waals surface area contributed by atoms with Crippen molar-refractivity contribution in [3.8, 4) is 0 Å². The standard InChI is InChI=1S/C10H16O2/c1-8(2)6-10(8,7(11)12)9(3)4-5-9/h4-6H2,1-3H3,(H,11,12). The summed E-state index contributed by atoms with van der Waals surface area (Å²) in [5, 5.41) is 9.22. The van der Waals surface area contributed by atoms with Crippen molar-refractivity contribution < 1.29 is 9.90 Å². The zero-order chi connectivity index (χ0) is 9.20. The monoisotopic (exact) mass is 168 g/mol. The van der Waals surface area contributed by atoms with Crippen LogP contribution in [-0.4, -0.2) is 11.1 Å². The summed E-state index contributed by atoms with van der Waals surface area (Å²) in [6, 6.07) is 0. The van der Waals surface area contributed by atoms with E-state index in [4.69, 9.17) is 0 Å². The number of hydrogen-bond donors (Lipinski definition) is 1. The van der Waals surface area contributed by atoms with Gasteiger partial charge < -0.3 is 5.11 Å². The molecule has 2 aliphatic rings. The Balaban J connectivity index is 2.34. The second-order valence-electron chi connectivity index (χ2n) is 5.33. The lowest BCUT2D eigenvalue weighted by Crippen LogP contribution is -2.29. The maximum Gasteiger partial charge on any atom is 0.310 e. The third-order valence-corrected chi connectivity index (χ3v) is 4.13. The summed E-state index contributed by atoms with van der Waals surface area (Å²) in [7, 11) is 0. The minimum atomic E-state index is -0.576. The smallest absolute Gasteiger partial charge is 0.310 e.